The van der Waals surface area contributed by atoms with Crippen LogP contribution >= 0.6 is 0 Å². The number of pyridine rings is 2. The first-order chi connectivity index (χ1) is 15.8. The second-order valence-corrected chi connectivity index (χ2v) is 7.68. The zero-order chi connectivity index (χ0) is 23.7. The van der Waals surface area contributed by atoms with Crippen LogP contribution in [0.2, 0.25) is 0 Å². The number of hydrogen-bond donors (Lipinski definition) is 1. The topological polar surface area (TPSA) is 56.1 Å². The second kappa shape index (κ2) is 8.97. The lowest BCUT2D eigenvalue weighted by Gasteiger charge is -2.20. The van der Waals surface area contributed by atoms with E-state index in [1.165, 1.54) is 29.9 Å². The molecule has 2 aromatic heterocycles. The van der Waals surface area contributed by atoms with E-state index in [0.29, 0.717) is 33.7 Å². The molecule has 4 rings (SSSR count). The molecule has 5 nitrogen and oxygen atoms in total. The van der Waals surface area contributed by atoms with Gasteiger partial charge in [-0.1, -0.05) is 24.3 Å². The van der Waals surface area contributed by atoms with Crippen molar-refractivity contribution in [3.63, 3.8) is 0 Å². The molecule has 0 radical (unpaired) electrons. The quantitative estimate of drug-likeness (QED) is 0.392. The predicted octanol–water partition coefficient (Wildman–Crippen LogP) is 5.95. The van der Waals surface area contributed by atoms with Crippen LogP contribution in [-0.4, -0.2) is 16.7 Å². The van der Waals surface area contributed by atoms with E-state index in [1.807, 2.05) is 6.92 Å². The Labute approximate surface area is 188 Å². The van der Waals surface area contributed by atoms with E-state index in [9.17, 15) is 18.0 Å². The van der Waals surface area contributed by atoms with Gasteiger partial charge in [0.2, 0.25) is 0 Å². The molecule has 170 valence electrons. The highest BCUT2D eigenvalue weighted by molar-refractivity contribution is 5.94. The number of methoxy groups -OCH3 is 1. The van der Waals surface area contributed by atoms with E-state index in [0.717, 1.165) is 6.07 Å². The third-order valence-electron chi connectivity index (χ3n) is 5.45. The van der Waals surface area contributed by atoms with Gasteiger partial charge in [-0.3, -0.25) is 14.3 Å². The summed E-state index contributed by atoms with van der Waals surface area (Å²) in [7, 11) is 1.51. The number of benzene rings is 2. The Morgan fingerprint density at radius 1 is 1.06 bits per heavy atom. The molecule has 0 saturated heterocycles. The van der Waals surface area contributed by atoms with E-state index < -0.39 is 23.8 Å². The van der Waals surface area contributed by atoms with E-state index in [4.69, 9.17) is 4.74 Å². The second-order valence-electron chi connectivity index (χ2n) is 7.68. The van der Waals surface area contributed by atoms with Gasteiger partial charge < -0.3 is 10.1 Å². The summed E-state index contributed by atoms with van der Waals surface area (Å²) in [5.41, 5.74) is 1.71. The summed E-state index contributed by atoms with van der Waals surface area (Å²) in [6.07, 6.45) is -1.27. The average Bonchev–Trinajstić information content (AvgIpc) is 2.78. The fourth-order valence-electron chi connectivity index (χ4n) is 3.85. The van der Waals surface area contributed by atoms with Gasteiger partial charge in [0.1, 0.15) is 11.6 Å². The van der Waals surface area contributed by atoms with Gasteiger partial charge in [0.15, 0.2) is 0 Å². The van der Waals surface area contributed by atoms with Crippen molar-refractivity contribution in [2.75, 3.05) is 12.4 Å². The van der Waals surface area contributed by atoms with Crippen LogP contribution in [0.5, 0.6) is 5.75 Å². The molecule has 0 aliphatic carbocycles. The third kappa shape index (κ3) is 4.28. The summed E-state index contributed by atoms with van der Waals surface area (Å²) in [5.74, 6) is -0.468. The molecule has 1 atom stereocenters. The largest absolute Gasteiger partial charge is 0.494 e. The molecule has 0 aliphatic heterocycles. The first-order valence-electron chi connectivity index (χ1n) is 10.3. The number of rotatable bonds is 6. The Morgan fingerprint density at radius 3 is 2.52 bits per heavy atom. The third-order valence-corrected chi connectivity index (χ3v) is 5.45. The number of fused-ring (bicyclic) bond motifs is 1. The molecule has 0 saturated carbocycles. The number of aryl methyl sites for hydroxylation is 1. The molecule has 33 heavy (non-hydrogen) atoms. The van der Waals surface area contributed by atoms with Crippen LogP contribution in [-0.2, 0) is 0 Å². The van der Waals surface area contributed by atoms with E-state index in [2.05, 4.69) is 10.3 Å². The molecular weight excluding hydrogens is 431 g/mol. The number of aromatic nitrogens is 2. The summed E-state index contributed by atoms with van der Waals surface area (Å²) < 4.78 is 48.0. The van der Waals surface area contributed by atoms with Crippen molar-refractivity contribution in [3.8, 4) is 11.4 Å². The first-order valence-corrected chi connectivity index (χ1v) is 10.3. The highest BCUT2D eigenvalue weighted by Gasteiger charge is 2.20. The molecule has 8 heteroatoms. The van der Waals surface area contributed by atoms with Crippen LogP contribution in [0.3, 0.4) is 0 Å². The maximum absolute atomic E-state index is 14.7. The van der Waals surface area contributed by atoms with Gasteiger partial charge >= 0.3 is 0 Å². The highest BCUT2D eigenvalue weighted by atomic mass is 19.3. The monoisotopic (exact) mass is 453 g/mol. The molecule has 0 amide bonds. The SMILES string of the molecule is COc1cc2nc(C)cc(NC(C)c3cccc(C(F)F)c3F)c2cc1-n1ccccc1=O. The number of nitrogens with zero attached hydrogens (tertiary/aromatic N) is 2. The normalized spacial score (nSPS) is 12.2. The summed E-state index contributed by atoms with van der Waals surface area (Å²) in [6, 6.07) is 13.5. The molecule has 0 aliphatic rings. The number of halogens is 3. The standard InChI is InChI=1S/C25H22F3N3O2/c1-14-11-19(30-15(2)16-7-6-8-17(24(16)26)25(27)28)18-12-21(22(33-3)13-20(18)29-14)31-10-5-4-9-23(31)32/h4-13,15,25H,1-3H3,(H,29,30). The van der Waals surface area contributed by atoms with Crippen LogP contribution in [0.4, 0.5) is 18.9 Å². The van der Waals surface area contributed by atoms with E-state index in [1.54, 1.807) is 43.5 Å². The fraction of sp³-hybridized carbons (Fsp3) is 0.200. The lowest BCUT2D eigenvalue weighted by atomic mass is 10.0. The molecule has 0 spiro atoms. The molecule has 2 heterocycles. The Morgan fingerprint density at radius 2 is 1.82 bits per heavy atom. The smallest absolute Gasteiger partial charge is 0.266 e. The van der Waals surface area contributed by atoms with Gasteiger partial charge in [-0.25, -0.2) is 13.2 Å². The summed E-state index contributed by atoms with van der Waals surface area (Å²) >= 11 is 0. The van der Waals surface area contributed by atoms with Gasteiger partial charge in [-0.15, -0.1) is 0 Å². The molecular formula is C25H22F3N3O2. The van der Waals surface area contributed by atoms with Gasteiger partial charge in [0.25, 0.3) is 12.0 Å². The molecule has 0 bridgehead atoms. The maximum Gasteiger partial charge on any atom is 0.266 e. The number of hydrogen-bond acceptors (Lipinski definition) is 4. The fourth-order valence-corrected chi connectivity index (χ4v) is 3.85. The van der Waals surface area contributed by atoms with Crippen LogP contribution in [0.1, 0.15) is 36.2 Å². The van der Waals surface area contributed by atoms with Crippen LogP contribution in [0, 0.1) is 12.7 Å². The molecule has 2 aromatic carbocycles. The summed E-state index contributed by atoms with van der Waals surface area (Å²) in [5, 5.41) is 3.90. The van der Waals surface area contributed by atoms with Gasteiger partial charge in [0.05, 0.1) is 29.9 Å². The minimum atomic E-state index is -2.90. The van der Waals surface area contributed by atoms with Gasteiger partial charge in [-0.2, -0.15) is 0 Å². The predicted molar refractivity (Wildman–Crippen MR) is 122 cm³/mol. The van der Waals surface area contributed by atoms with Crippen molar-refractivity contribution in [1.29, 1.82) is 0 Å². The van der Waals surface area contributed by atoms with Gasteiger partial charge in [-0.05, 0) is 32.0 Å². The molecule has 1 N–H and O–H groups in total. The van der Waals surface area contributed by atoms with Crippen molar-refractivity contribution in [2.24, 2.45) is 0 Å². The van der Waals surface area contributed by atoms with Crippen LogP contribution in [0.15, 0.2) is 65.6 Å². The van der Waals surface area contributed by atoms with Crippen LogP contribution < -0.4 is 15.6 Å². The van der Waals surface area contributed by atoms with Gasteiger partial charge in [0, 0.05) is 40.7 Å². The minimum Gasteiger partial charge on any atom is -0.494 e. The molecule has 0 fully saturated rings. The highest BCUT2D eigenvalue weighted by Crippen LogP contribution is 2.35. The van der Waals surface area contributed by atoms with Crippen molar-refractivity contribution in [1.82, 2.24) is 9.55 Å². The van der Waals surface area contributed by atoms with Crippen molar-refractivity contribution in [2.45, 2.75) is 26.3 Å². The number of anilines is 1. The van der Waals surface area contributed by atoms with Crippen LogP contribution in [0.25, 0.3) is 16.6 Å². The number of ether oxygens (including phenoxy) is 1. The summed E-state index contributed by atoms with van der Waals surface area (Å²) in [6.45, 7) is 3.51. The van der Waals surface area contributed by atoms with Crippen molar-refractivity contribution >= 4 is 16.6 Å². The molecule has 4 aromatic rings. The van der Waals surface area contributed by atoms with Crippen molar-refractivity contribution in [3.05, 3.63) is 93.8 Å². The van der Waals surface area contributed by atoms with E-state index >= 15 is 0 Å². The Balaban J connectivity index is 1.85. The lowest BCUT2D eigenvalue weighted by molar-refractivity contribution is 0.146. The molecule has 1 unspecified atom stereocenters. The Bertz CT molecular complexity index is 1390. The van der Waals surface area contributed by atoms with E-state index in [-0.39, 0.29) is 11.1 Å². The van der Waals surface area contributed by atoms with Crippen molar-refractivity contribution < 1.29 is 17.9 Å². The first kappa shape index (κ1) is 22.4. The Hall–Kier alpha value is -3.81. The number of alkyl halides is 2. The number of nitrogens with one attached hydrogen (secondary N) is 1. The lowest BCUT2D eigenvalue weighted by Crippen LogP contribution is -2.16. The zero-order valence-corrected chi connectivity index (χ0v) is 18.3. The summed E-state index contributed by atoms with van der Waals surface area (Å²) in [4.78, 5) is 17.0. The Kier molecular flexibility index (Phi) is 6.09. The average molecular weight is 453 g/mol. The maximum atomic E-state index is 14.7. The minimum absolute atomic E-state index is 0.128. The zero-order valence-electron chi connectivity index (χ0n) is 18.3.